The maximum atomic E-state index is 6.49. The summed E-state index contributed by atoms with van der Waals surface area (Å²) in [6, 6.07) is 0.586. The van der Waals surface area contributed by atoms with E-state index in [-0.39, 0.29) is 5.54 Å². The molecule has 0 amide bonds. The molecule has 2 atom stereocenters. The van der Waals surface area contributed by atoms with Crippen LogP contribution in [0, 0.1) is 40.4 Å². The van der Waals surface area contributed by atoms with Crippen LogP contribution < -0.4 is 11.5 Å². The minimum absolute atomic E-state index is 0.225. The lowest BCUT2D eigenvalue weighted by Gasteiger charge is -2.64. The van der Waals surface area contributed by atoms with E-state index in [9.17, 15) is 0 Å². The second kappa shape index (κ2) is 5.00. The van der Waals surface area contributed by atoms with Crippen LogP contribution in [0.1, 0.15) is 84.5 Å². The number of hydrogen-bond donors (Lipinski definition) is 2. The van der Waals surface area contributed by atoms with E-state index >= 15 is 0 Å². The Morgan fingerprint density at radius 2 is 1.17 bits per heavy atom. The first kappa shape index (κ1) is 16.1. The van der Waals surface area contributed by atoms with Crippen molar-refractivity contribution < 1.29 is 0 Å². The first-order valence-electron chi connectivity index (χ1n) is 10.8. The largest absolute Gasteiger partial charge is 0.327 e. The van der Waals surface area contributed by atoms with Crippen molar-refractivity contribution in [2.75, 3.05) is 0 Å². The molecule has 2 unspecified atom stereocenters. The average Bonchev–Trinajstić information content (AvgIpc) is 2.39. The topological polar surface area (TPSA) is 52.0 Å². The van der Waals surface area contributed by atoms with Crippen LogP contribution >= 0.6 is 0 Å². The van der Waals surface area contributed by atoms with Crippen molar-refractivity contribution in [2.24, 2.45) is 51.9 Å². The molecule has 8 aliphatic carbocycles. The molecule has 8 aliphatic rings. The summed E-state index contributed by atoms with van der Waals surface area (Å²) in [7, 11) is 0. The molecule has 136 valence electrons. The molecule has 0 aliphatic heterocycles. The van der Waals surface area contributed by atoms with Crippen molar-refractivity contribution in [3.8, 4) is 0 Å². The van der Waals surface area contributed by atoms with Crippen molar-refractivity contribution in [3.05, 3.63) is 0 Å². The van der Waals surface area contributed by atoms with Crippen molar-refractivity contribution in [2.45, 2.75) is 96.1 Å². The Morgan fingerprint density at radius 3 is 1.58 bits per heavy atom. The van der Waals surface area contributed by atoms with Gasteiger partial charge >= 0.3 is 0 Å². The lowest BCUT2D eigenvalue weighted by molar-refractivity contribution is -0.104. The van der Waals surface area contributed by atoms with E-state index in [4.69, 9.17) is 11.5 Å². The van der Waals surface area contributed by atoms with Gasteiger partial charge in [-0.2, -0.15) is 0 Å². The molecule has 8 fully saturated rings. The summed E-state index contributed by atoms with van der Waals surface area (Å²) >= 11 is 0. The number of hydrogen-bond acceptors (Lipinski definition) is 2. The fourth-order valence-electron chi connectivity index (χ4n) is 9.50. The van der Waals surface area contributed by atoms with Crippen LogP contribution in [0.5, 0.6) is 0 Å². The Bertz CT molecular complexity index is 447. The van der Waals surface area contributed by atoms with Gasteiger partial charge < -0.3 is 11.5 Å². The third-order valence-corrected chi connectivity index (χ3v) is 8.97. The maximum absolute atomic E-state index is 6.49. The predicted molar refractivity (Wildman–Crippen MR) is 99.3 cm³/mol. The van der Waals surface area contributed by atoms with Crippen LogP contribution in [0.4, 0.5) is 0 Å². The highest BCUT2D eigenvalue weighted by Crippen LogP contribution is 2.65. The van der Waals surface area contributed by atoms with E-state index in [0.717, 1.165) is 29.6 Å². The normalized spacial score (nSPS) is 62.5. The molecule has 0 saturated heterocycles. The summed E-state index contributed by atoms with van der Waals surface area (Å²) in [5.74, 6) is 4.96. The first-order valence-corrected chi connectivity index (χ1v) is 10.8. The van der Waals surface area contributed by atoms with Gasteiger partial charge in [0.25, 0.3) is 0 Å². The monoisotopic (exact) mass is 330 g/mol. The van der Waals surface area contributed by atoms with Gasteiger partial charge in [0.2, 0.25) is 0 Å². The predicted octanol–water partition coefficient (Wildman–Crippen LogP) is 4.46. The summed E-state index contributed by atoms with van der Waals surface area (Å²) in [6.07, 6.45) is 15.7. The zero-order valence-electron chi connectivity index (χ0n) is 15.9. The molecule has 0 aromatic carbocycles. The highest BCUT2D eigenvalue weighted by Gasteiger charge is 2.58. The van der Waals surface area contributed by atoms with Gasteiger partial charge in [0.15, 0.2) is 0 Å². The molecule has 8 rings (SSSR count). The lowest BCUT2D eigenvalue weighted by Crippen LogP contribution is -2.62. The fraction of sp³-hybridized carbons (Fsp3) is 1.00. The standard InChI is InChI=1S/C12H21N.C10H17N/c1-10-3-9-4-11(2,6-10)8-12(13,5-9)7-10;11-10-8-2-6-1-7(4-8)5-9(10)3-6/h9H,3-8,13H2,1-2H3;6-10H,1-5,11H2. The van der Waals surface area contributed by atoms with Gasteiger partial charge in [-0.25, -0.2) is 0 Å². The van der Waals surface area contributed by atoms with Gasteiger partial charge in [-0.1, -0.05) is 13.8 Å². The Balaban J connectivity index is 0.000000110. The van der Waals surface area contributed by atoms with E-state index < -0.39 is 0 Å². The van der Waals surface area contributed by atoms with E-state index in [1.807, 2.05) is 0 Å². The van der Waals surface area contributed by atoms with Crippen LogP contribution in [0.15, 0.2) is 0 Å². The fourth-order valence-corrected chi connectivity index (χ4v) is 9.50. The van der Waals surface area contributed by atoms with Gasteiger partial charge in [-0.15, -0.1) is 0 Å². The van der Waals surface area contributed by atoms with Crippen LogP contribution in [0.25, 0.3) is 0 Å². The van der Waals surface area contributed by atoms with E-state index in [2.05, 4.69) is 13.8 Å². The molecular weight excluding hydrogens is 292 g/mol. The van der Waals surface area contributed by atoms with Gasteiger partial charge in [-0.05, 0) is 111 Å². The second-order valence-electron chi connectivity index (χ2n) is 12.0. The minimum atomic E-state index is 0.225. The summed E-state index contributed by atoms with van der Waals surface area (Å²) in [5.41, 5.74) is 14.1. The van der Waals surface area contributed by atoms with Crippen molar-refractivity contribution >= 4 is 0 Å². The number of nitrogens with two attached hydrogens (primary N) is 2. The molecule has 8 saturated carbocycles. The second-order valence-corrected chi connectivity index (χ2v) is 12.0. The third-order valence-electron chi connectivity index (χ3n) is 8.97. The zero-order chi connectivity index (χ0) is 16.7. The first-order chi connectivity index (χ1) is 11.2. The number of rotatable bonds is 0. The molecule has 0 spiro atoms. The molecule has 0 aromatic rings. The Labute approximate surface area is 148 Å². The molecule has 8 bridgehead atoms. The summed E-state index contributed by atoms with van der Waals surface area (Å²) in [5, 5.41) is 0. The molecule has 0 aromatic heterocycles. The van der Waals surface area contributed by atoms with E-state index in [0.29, 0.717) is 16.9 Å². The smallest absolute Gasteiger partial charge is 0.0167 e. The molecule has 0 radical (unpaired) electrons. The maximum Gasteiger partial charge on any atom is 0.0167 e. The zero-order valence-corrected chi connectivity index (χ0v) is 15.9. The van der Waals surface area contributed by atoms with Crippen LogP contribution in [0.3, 0.4) is 0 Å². The third kappa shape index (κ3) is 2.58. The minimum Gasteiger partial charge on any atom is -0.327 e. The van der Waals surface area contributed by atoms with Crippen molar-refractivity contribution in [3.63, 3.8) is 0 Å². The molecular formula is C22H38N2. The molecule has 4 N–H and O–H groups in total. The van der Waals surface area contributed by atoms with Gasteiger partial charge in [0.05, 0.1) is 0 Å². The molecule has 24 heavy (non-hydrogen) atoms. The highest BCUT2D eigenvalue weighted by molar-refractivity contribution is 5.12. The van der Waals surface area contributed by atoms with Crippen LogP contribution in [0.2, 0.25) is 0 Å². The van der Waals surface area contributed by atoms with Crippen LogP contribution in [-0.4, -0.2) is 11.6 Å². The summed E-state index contributed by atoms with van der Waals surface area (Å²) < 4.78 is 0. The Hall–Kier alpha value is -0.0800. The highest BCUT2D eigenvalue weighted by atomic mass is 14.8. The van der Waals surface area contributed by atoms with Gasteiger partial charge in [0.1, 0.15) is 0 Å². The van der Waals surface area contributed by atoms with E-state index in [1.165, 1.54) is 64.2 Å². The molecule has 2 nitrogen and oxygen atoms in total. The van der Waals surface area contributed by atoms with E-state index in [1.54, 1.807) is 6.42 Å². The Kier molecular flexibility index (Phi) is 3.36. The van der Waals surface area contributed by atoms with Crippen LogP contribution in [-0.2, 0) is 0 Å². The summed E-state index contributed by atoms with van der Waals surface area (Å²) in [4.78, 5) is 0. The molecule has 2 heteroatoms. The van der Waals surface area contributed by atoms with Gasteiger partial charge in [0, 0.05) is 11.6 Å². The van der Waals surface area contributed by atoms with Gasteiger partial charge in [-0.3, -0.25) is 0 Å². The quantitative estimate of drug-likeness (QED) is 0.689. The summed E-state index contributed by atoms with van der Waals surface area (Å²) in [6.45, 7) is 4.94. The van der Waals surface area contributed by atoms with Crippen molar-refractivity contribution in [1.29, 1.82) is 0 Å². The average molecular weight is 331 g/mol. The lowest BCUT2D eigenvalue weighted by atomic mass is 9.43. The van der Waals surface area contributed by atoms with Crippen molar-refractivity contribution in [1.82, 2.24) is 0 Å². The SMILES string of the molecule is CC12CC3CC(C)(C1)CC(N)(C3)C2.NC1C2CC3CC(C2)CC1C3. The molecule has 0 heterocycles. The Morgan fingerprint density at radius 1 is 0.667 bits per heavy atom.